The summed E-state index contributed by atoms with van der Waals surface area (Å²) in [5, 5.41) is 13.0. The summed E-state index contributed by atoms with van der Waals surface area (Å²) >= 11 is 0. The second-order valence-corrected chi connectivity index (χ2v) is 5.36. The lowest BCUT2D eigenvalue weighted by molar-refractivity contribution is -0.129. The summed E-state index contributed by atoms with van der Waals surface area (Å²) < 4.78 is 0. The highest BCUT2D eigenvalue weighted by Gasteiger charge is 2.31. The number of benzene rings is 1. The summed E-state index contributed by atoms with van der Waals surface area (Å²) in [7, 11) is 0. The summed E-state index contributed by atoms with van der Waals surface area (Å²) in [5.41, 5.74) is 1.31. The number of aliphatic hydroxyl groups excluding tert-OH is 1. The predicted molar refractivity (Wildman–Crippen MR) is 75.3 cm³/mol. The number of fused-ring (bicyclic) bond motifs is 1. The van der Waals surface area contributed by atoms with Crippen LogP contribution in [0.1, 0.15) is 29.8 Å². The zero-order chi connectivity index (χ0) is 14.7. The molecule has 20 heavy (non-hydrogen) atoms. The lowest BCUT2D eigenvalue weighted by Gasteiger charge is -2.28. The predicted octanol–water partition coefficient (Wildman–Crippen LogP) is 0.570. The molecule has 0 spiro atoms. The molecule has 0 saturated carbocycles. The molecule has 0 bridgehead atoms. The van der Waals surface area contributed by atoms with Crippen LogP contribution in [0.2, 0.25) is 0 Å². The SMILES string of the molecule is CC(C)NCC(O)CN1C(=O)Cc2ccccc2C1=O. The van der Waals surface area contributed by atoms with Crippen LogP contribution >= 0.6 is 0 Å². The minimum atomic E-state index is -0.754. The molecule has 5 nitrogen and oxygen atoms in total. The molecule has 108 valence electrons. The zero-order valence-corrected chi connectivity index (χ0v) is 11.8. The van der Waals surface area contributed by atoms with Crippen LogP contribution in [0.3, 0.4) is 0 Å². The molecule has 1 heterocycles. The molecule has 0 aliphatic carbocycles. The molecule has 1 unspecified atom stereocenters. The molecule has 0 saturated heterocycles. The number of nitrogens with zero attached hydrogens (tertiary/aromatic N) is 1. The van der Waals surface area contributed by atoms with Gasteiger partial charge < -0.3 is 10.4 Å². The fourth-order valence-electron chi connectivity index (χ4n) is 2.23. The number of carbonyl (C=O) groups excluding carboxylic acids is 2. The number of rotatable bonds is 5. The van der Waals surface area contributed by atoms with E-state index >= 15 is 0 Å². The van der Waals surface area contributed by atoms with Crippen LogP contribution in [0, 0.1) is 0 Å². The maximum atomic E-state index is 12.3. The molecule has 0 aromatic heterocycles. The van der Waals surface area contributed by atoms with E-state index in [-0.39, 0.29) is 30.8 Å². The first-order valence-electron chi connectivity index (χ1n) is 6.83. The Morgan fingerprint density at radius 1 is 1.30 bits per heavy atom. The van der Waals surface area contributed by atoms with E-state index < -0.39 is 6.10 Å². The summed E-state index contributed by atoms with van der Waals surface area (Å²) in [5.74, 6) is -0.572. The van der Waals surface area contributed by atoms with Crippen molar-refractivity contribution in [3.8, 4) is 0 Å². The lowest BCUT2D eigenvalue weighted by Crippen LogP contribution is -2.48. The smallest absolute Gasteiger partial charge is 0.260 e. The highest BCUT2D eigenvalue weighted by molar-refractivity contribution is 6.09. The Morgan fingerprint density at radius 2 is 2.00 bits per heavy atom. The Kier molecular flexibility index (Phi) is 4.52. The number of imide groups is 1. The van der Waals surface area contributed by atoms with Crippen molar-refractivity contribution < 1.29 is 14.7 Å². The number of amides is 2. The highest BCUT2D eigenvalue weighted by Crippen LogP contribution is 2.19. The van der Waals surface area contributed by atoms with Gasteiger partial charge in [-0.3, -0.25) is 14.5 Å². The third-order valence-corrected chi connectivity index (χ3v) is 3.29. The Bertz CT molecular complexity index is 514. The van der Waals surface area contributed by atoms with Crippen molar-refractivity contribution in [2.75, 3.05) is 13.1 Å². The van der Waals surface area contributed by atoms with Crippen LogP contribution < -0.4 is 5.32 Å². The van der Waals surface area contributed by atoms with Crippen LogP contribution in [0.5, 0.6) is 0 Å². The summed E-state index contributed by atoms with van der Waals surface area (Å²) in [4.78, 5) is 25.4. The topological polar surface area (TPSA) is 69.6 Å². The van der Waals surface area contributed by atoms with Crippen LogP contribution in [0.15, 0.2) is 24.3 Å². The number of β-amino-alcohol motifs (C(OH)–C–C–N with tert-alkyl or cyclic N) is 1. The lowest BCUT2D eigenvalue weighted by atomic mass is 9.98. The third kappa shape index (κ3) is 3.23. The van der Waals surface area contributed by atoms with Gasteiger partial charge in [-0.1, -0.05) is 32.0 Å². The first-order valence-corrected chi connectivity index (χ1v) is 6.83. The highest BCUT2D eigenvalue weighted by atomic mass is 16.3. The van der Waals surface area contributed by atoms with E-state index in [0.29, 0.717) is 12.1 Å². The molecule has 2 rings (SSSR count). The van der Waals surface area contributed by atoms with Gasteiger partial charge in [-0.2, -0.15) is 0 Å². The van der Waals surface area contributed by atoms with Crippen LogP contribution in [0.25, 0.3) is 0 Å². The number of nitrogens with one attached hydrogen (secondary N) is 1. The second kappa shape index (κ2) is 6.15. The monoisotopic (exact) mass is 276 g/mol. The summed E-state index contributed by atoms with van der Waals surface area (Å²) in [6.45, 7) is 4.34. The molecule has 5 heteroatoms. The Hall–Kier alpha value is -1.72. The molecule has 1 aromatic rings. The average molecular weight is 276 g/mol. The van der Waals surface area contributed by atoms with E-state index in [2.05, 4.69) is 5.32 Å². The van der Waals surface area contributed by atoms with Gasteiger partial charge in [0.15, 0.2) is 0 Å². The van der Waals surface area contributed by atoms with Crippen molar-refractivity contribution in [1.29, 1.82) is 0 Å². The third-order valence-electron chi connectivity index (χ3n) is 3.29. The quantitative estimate of drug-likeness (QED) is 0.772. The van der Waals surface area contributed by atoms with Gasteiger partial charge in [0, 0.05) is 18.2 Å². The molecule has 0 radical (unpaired) electrons. The maximum absolute atomic E-state index is 12.3. The molecule has 2 amide bonds. The maximum Gasteiger partial charge on any atom is 0.260 e. The van der Waals surface area contributed by atoms with Gasteiger partial charge >= 0.3 is 0 Å². The molecule has 1 aliphatic heterocycles. The fourth-order valence-corrected chi connectivity index (χ4v) is 2.23. The Morgan fingerprint density at radius 3 is 2.70 bits per heavy atom. The fraction of sp³-hybridized carbons (Fsp3) is 0.467. The van der Waals surface area contributed by atoms with Gasteiger partial charge in [0.25, 0.3) is 5.91 Å². The normalized spacial score (nSPS) is 16.5. The van der Waals surface area contributed by atoms with Crippen molar-refractivity contribution in [1.82, 2.24) is 10.2 Å². The summed E-state index contributed by atoms with van der Waals surface area (Å²) in [6.07, 6.45) is -0.540. The molecule has 0 fully saturated rings. The summed E-state index contributed by atoms with van der Waals surface area (Å²) in [6, 6.07) is 7.35. The van der Waals surface area contributed by atoms with Gasteiger partial charge in [-0.15, -0.1) is 0 Å². The molecule has 1 aromatic carbocycles. The van der Waals surface area contributed by atoms with Gasteiger partial charge in [0.1, 0.15) is 0 Å². The van der Waals surface area contributed by atoms with E-state index in [9.17, 15) is 14.7 Å². The number of hydrogen-bond donors (Lipinski definition) is 2. The van der Waals surface area contributed by atoms with Crippen LogP contribution in [0.4, 0.5) is 0 Å². The van der Waals surface area contributed by atoms with Gasteiger partial charge in [0.05, 0.1) is 19.1 Å². The largest absolute Gasteiger partial charge is 0.390 e. The Balaban J connectivity index is 2.06. The van der Waals surface area contributed by atoms with Crippen molar-refractivity contribution >= 4 is 11.8 Å². The van der Waals surface area contributed by atoms with E-state index in [1.165, 1.54) is 0 Å². The molecule has 1 atom stereocenters. The minimum absolute atomic E-state index is 0.0335. The average Bonchev–Trinajstić information content (AvgIpc) is 2.41. The van der Waals surface area contributed by atoms with E-state index in [4.69, 9.17) is 0 Å². The minimum Gasteiger partial charge on any atom is -0.390 e. The Labute approximate surface area is 118 Å². The van der Waals surface area contributed by atoms with Crippen molar-refractivity contribution in [3.63, 3.8) is 0 Å². The van der Waals surface area contributed by atoms with Gasteiger partial charge in [-0.25, -0.2) is 0 Å². The van der Waals surface area contributed by atoms with Crippen molar-refractivity contribution in [2.45, 2.75) is 32.4 Å². The van der Waals surface area contributed by atoms with E-state index in [1.54, 1.807) is 18.2 Å². The van der Waals surface area contributed by atoms with Gasteiger partial charge in [-0.05, 0) is 11.6 Å². The van der Waals surface area contributed by atoms with Crippen molar-refractivity contribution in [3.05, 3.63) is 35.4 Å². The standard InChI is InChI=1S/C15H20N2O3/c1-10(2)16-8-12(18)9-17-14(19)7-11-5-3-4-6-13(11)15(17)20/h3-6,10,12,16,18H,7-9H2,1-2H3. The second-order valence-electron chi connectivity index (χ2n) is 5.36. The van der Waals surface area contributed by atoms with Crippen LogP contribution in [-0.2, 0) is 11.2 Å². The number of carbonyl (C=O) groups is 2. The van der Waals surface area contributed by atoms with E-state index in [1.807, 2.05) is 19.9 Å². The number of aliphatic hydroxyl groups is 1. The molecule has 2 N–H and O–H groups in total. The molecule has 1 aliphatic rings. The van der Waals surface area contributed by atoms with E-state index in [0.717, 1.165) is 10.5 Å². The molecular weight excluding hydrogens is 256 g/mol. The van der Waals surface area contributed by atoms with Gasteiger partial charge in [0.2, 0.25) is 5.91 Å². The number of hydrogen-bond acceptors (Lipinski definition) is 4. The zero-order valence-electron chi connectivity index (χ0n) is 11.8. The van der Waals surface area contributed by atoms with Crippen LogP contribution in [-0.4, -0.2) is 47.1 Å². The molecular formula is C15H20N2O3. The van der Waals surface area contributed by atoms with Crippen molar-refractivity contribution in [2.24, 2.45) is 0 Å². The first-order chi connectivity index (χ1) is 9.49. The first kappa shape index (κ1) is 14.7.